The molecule has 7 unspecified atom stereocenters. The molecule has 0 amide bonds. The second-order valence-electron chi connectivity index (χ2n) is 7.95. The zero-order valence-electron chi connectivity index (χ0n) is 13.1. The monoisotopic (exact) mass is 290 g/mol. The first-order valence-corrected chi connectivity index (χ1v) is 8.60. The summed E-state index contributed by atoms with van der Waals surface area (Å²) in [5.74, 6) is 5.06. The maximum absolute atomic E-state index is 11.6. The van der Waals surface area contributed by atoms with Crippen LogP contribution in [0.1, 0.15) is 39.5 Å². The van der Waals surface area contributed by atoms with E-state index in [-0.39, 0.29) is 5.41 Å². The Labute approximate surface area is 127 Å². The molecule has 0 saturated heterocycles. The number of rotatable bonds is 4. The van der Waals surface area contributed by atoms with E-state index in [1.165, 1.54) is 19.3 Å². The molecule has 3 nitrogen and oxygen atoms in total. The first-order chi connectivity index (χ1) is 10.1. The molecule has 4 aliphatic carbocycles. The van der Waals surface area contributed by atoms with Crippen LogP contribution in [0.2, 0.25) is 0 Å². The van der Waals surface area contributed by atoms with Crippen LogP contribution in [-0.2, 0) is 9.47 Å². The van der Waals surface area contributed by atoms with E-state index in [2.05, 4.69) is 19.1 Å². The molecule has 0 heterocycles. The summed E-state index contributed by atoms with van der Waals surface area (Å²) in [4.78, 5) is 11.6. The second-order valence-corrected chi connectivity index (χ2v) is 7.95. The molecule has 0 aromatic rings. The minimum Gasteiger partial charge on any atom is -0.434 e. The summed E-state index contributed by atoms with van der Waals surface area (Å²) < 4.78 is 10.5. The van der Waals surface area contributed by atoms with E-state index in [4.69, 9.17) is 9.47 Å². The molecule has 21 heavy (non-hydrogen) atoms. The minimum absolute atomic E-state index is 0.176. The number of allylic oxidation sites excluding steroid dienone is 2. The molecule has 0 aromatic heterocycles. The average Bonchev–Trinajstić information content (AvgIpc) is 3.20. The normalized spacial score (nSPS) is 48.7. The van der Waals surface area contributed by atoms with Crippen molar-refractivity contribution in [3.05, 3.63) is 12.2 Å². The van der Waals surface area contributed by atoms with E-state index >= 15 is 0 Å². The maximum Gasteiger partial charge on any atom is 0.508 e. The lowest BCUT2D eigenvalue weighted by atomic mass is 9.63. The molecule has 4 bridgehead atoms. The summed E-state index contributed by atoms with van der Waals surface area (Å²) in [5.41, 5.74) is 0.176. The smallest absolute Gasteiger partial charge is 0.434 e. The number of hydrogen-bond acceptors (Lipinski definition) is 3. The predicted octanol–water partition coefficient (Wildman–Crippen LogP) is 4.03. The van der Waals surface area contributed by atoms with Crippen LogP contribution in [0.4, 0.5) is 4.79 Å². The zero-order valence-corrected chi connectivity index (χ0v) is 13.1. The van der Waals surface area contributed by atoms with E-state index in [1.807, 2.05) is 6.92 Å². The maximum atomic E-state index is 11.6. The number of carbonyl (C=O) groups excluding carboxylic acids is 1. The summed E-state index contributed by atoms with van der Waals surface area (Å²) in [5, 5.41) is 0. The predicted molar refractivity (Wildman–Crippen MR) is 79.6 cm³/mol. The van der Waals surface area contributed by atoms with Gasteiger partial charge in [0.2, 0.25) is 0 Å². The van der Waals surface area contributed by atoms with Crippen LogP contribution in [0, 0.1) is 40.9 Å². The van der Waals surface area contributed by atoms with E-state index < -0.39 is 6.16 Å². The Balaban J connectivity index is 1.41. The molecular formula is C18H26O3. The van der Waals surface area contributed by atoms with Crippen LogP contribution in [-0.4, -0.2) is 19.4 Å². The molecule has 3 saturated carbocycles. The second kappa shape index (κ2) is 4.76. The van der Waals surface area contributed by atoms with Crippen molar-refractivity contribution in [2.75, 3.05) is 13.2 Å². The van der Waals surface area contributed by atoms with Crippen LogP contribution in [0.15, 0.2) is 12.2 Å². The molecule has 116 valence electrons. The molecule has 0 N–H and O–H groups in total. The van der Waals surface area contributed by atoms with Gasteiger partial charge in [0.15, 0.2) is 0 Å². The lowest BCUT2D eigenvalue weighted by molar-refractivity contribution is -0.0152. The van der Waals surface area contributed by atoms with Crippen molar-refractivity contribution < 1.29 is 14.3 Å². The van der Waals surface area contributed by atoms with Gasteiger partial charge in [0.25, 0.3) is 0 Å². The van der Waals surface area contributed by atoms with Crippen molar-refractivity contribution in [1.29, 1.82) is 0 Å². The van der Waals surface area contributed by atoms with Crippen LogP contribution >= 0.6 is 0 Å². The van der Waals surface area contributed by atoms with Gasteiger partial charge in [-0.3, -0.25) is 0 Å². The fourth-order valence-electron chi connectivity index (χ4n) is 6.11. The lowest BCUT2D eigenvalue weighted by Crippen LogP contribution is -2.40. The van der Waals surface area contributed by atoms with Gasteiger partial charge in [0.05, 0.1) is 6.61 Å². The Morgan fingerprint density at radius 1 is 1.19 bits per heavy atom. The summed E-state index contributed by atoms with van der Waals surface area (Å²) in [6, 6.07) is 0. The highest BCUT2D eigenvalue weighted by Crippen LogP contribution is 2.70. The van der Waals surface area contributed by atoms with Gasteiger partial charge in [-0.25, -0.2) is 4.79 Å². The highest BCUT2D eigenvalue weighted by atomic mass is 16.7. The van der Waals surface area contributed by atoms with Crippen LogP contribution in [0.5, 0.6) is 0 Å². The quantitative estimate of drug-likeness (QED) is 0.445. The Kier molecular flexibility index (Phi) is 3.09. The number of fused-ring (bicyclic) bond motifs is 9. The summed E-state index contributed by atoms with van der Waals surface area (Å²) in [6.07, 6.45) is 9.27. The minimum atomic E-state index is -0.481. The molecule has 0 aromatic carbocycles. The number of ether oxygens (including phenoxy) is 2. The summed E-state index contributed by atoms with van der Waals surface area (Å²) >= 11 is 0. The first kappa shape index (κ1) is 13.7. The van der Waals surface area contributed by atoms with Crippen molar-refractivity contribution in [3.8, 4) is 0 Å². The van der Waals surface area contributed by atoms with Crippen LogP contribution in [0.3, 0.4) is 0 Å². The molecular weight excluding hydrogens is 264 g/mol. The van der Waals surface area contributed by atoms with Gasteiger partial charge in [0, 0.05) is 5.41 Å². The van der Waals surface area contributed by atoms with E-state index in [9.17, 15) is 4.79 Å². The van der Waals surface area contributed by atoms with Gasteiger partial charge in [-0.05, 0) is 61.2 Å². The Morgan fingerprint density at radius 3 is 2.71 bits per heavy atom. The highest BCUT2D eigenvalue weighted by Gasteiger charge is 2.64. The average molecular weight is 290 g/mol. The molecule has 7 atom stereocenters. The van der Waals surface area contributed by atoms with E-state index in [1.54, 1.807) is 0 Å². The Hall–Kier alpha value is -0.990. The third-order valence-electron chi connectivity index (χ3n) is 6.72. The zero-order chi connectivity index (χ0) is 14.6. The van der Waals surface area contributed by atoms with Gasteiger partial charge < -0.3 is 9.47 Å². The topological polar surface area (TPSA) is 35.5 Å². The third kappa shape index (κ3) is 1.96. The molecule has 3 heteroatoms. The molecule has 0 radical (unpaired) electrons. The first-order valence-electron chi connectivity index (χ1n) is 8.60. The van der Waals surface area contributed by atoms with Crippen molar-refractivity contribution in [1.82, 2.24) is 0 Å². The highest BCUT2D eigenvalue weighted by molar-refractivity contribution is 5.59. The molecule has 3 fully saturated rings. The summed E-state index contributed by atoms with van der Waals surface area (Å²) in [7, 11) is 0. The van der Waals surface area contributed by atoms with Crippen molar-refractivity contribution in [2.24, 2.45) is 40.9 Å². The summed E-state index contributed by atoms with van der Waals surface area (Å²) in [6.45, 7) is 5.33. The number of carbonyl (C=O) groups is 1. The lowest BCUT2D eigenvalue weighted by Gasteiger charge is -2.43. The van der Waals surface area contributed by atoms with Crippen LogP contribution < -0.4 is 0 Å². The Morgan fingerprint density at radius 2 is 1.95 bits per heavy atom. The van der Waals surface area contributed by atoms with Gasteiger partial charge in [-0.2, -0.15) is 0 Å². The molecule has 4 aliphatic rings. The fraction of sp³-hybridized carbons (Fsp3) is 0.833. The Bertz CT molecular complexity index is 471. The van der Waals surface area contributed by atoms with Crippen molar-refractivity contribution >= 4 is 6.16 Å². The van der Waals surface area contributed by atoms with Gasteiger partial charge in [-0.15, -0.1) is 0 Å². The van der Waals surface area contributed by atoms with Crippen LogP contribution in [0.25, 0.3) is 0 Å². The van der Waals surface area contributed by atoms with Gasteiger partial charge >= 0.3 is 6.16 Å². The standard InChI is InChI=1S/C18H26O3/c1-3-6-20-17(19)21-10-18(2)9-13-8-14(18)16-12-5-4-11(7-12)15(13)16/h4-5,11-16H,3,6-10H2,1-2H3. The molecule has 4 rings (SSSR count). The molecule has 0 aliphatic heterocycles. The van der Waals surface area contributed by atoms with E-state index in [0.29, 0.717) is 13.2 Å². The van der Waals surface area contributed by atoms with Crippen molar-refractivity contribution in [3.63, 3.8) is 0 Å². The van der Waals surface area contributed by atoms with Gasteiger partial charge in [0.1, 0.15) is 6.61 Å². The van der Waals surface area contributed by atoms with Crippen molar-refractivity contribution in [2.45, 2.75) is 39.5 Å². The fourth-order valence-corrected chi connectivity index (χ4v) is 6.11. The van der Waals surface area contributed by atoms with E-state index in [0.717, 1.165) is 41.9 Å². The largest absolute Gasteiger partial charge is 0.508 e. The number of hydrogen-bond donors (Lipinski definition) is 0. The third-order valence-corrected chi connectivity index (χ3v) is 6.72. The van der Waals surface area contributed by atoms with Gasteiger partial charge in [-0.1, -0.05) is 26.0 Å². The molecule has 0 spiro atoms. The SMILES string of the molecule is CCCOC(=O)OCC1(C)CC2CC1C1C3C=CC(C3)C21.